The molecule has 2 rings (SSSR count). The zero-order chi connectivity index (χ0) is 14.8. The summed E-state index contributed by atoms with van der Waals surface area (Å²) >= 11 is 0. The number of carbonyl (C=O) groups is 1. The van der Waals surface area contributed by atoms with Gasteiger partial charge in [-0.3, -0.25) is 4.79 Å². The van der Waals surface area contributed by atoms with Crippen LogP contribution < -0.4 is 10.5 Å². The molecule has 1 unspecified atom stereocenters. The molecule has 0 aliphatic carbocycles. The van der Waals surface area contributed by atoms with E-state index in [2.05, 4.69) is 4.74 Å². The van der Waals surface area contributed by atoms with Gasteiger partial charge in [-0.25, -0.2) is 0 Å². The van der Waals surface area contributed by atoms with Crippen molar-refractivity contribution in [3.8, 4) is 5.75 Å². The van der Waals surface area contributed by atoms with E-state index in [0.29, 0.717) is 19.6 Å². The predicted molar refractivity (Wildman–Crippen MR) is 70.8 cm³/mol. The molecule has 0 radical (unpaired) electrons. The van der Waals surface area contributed by atoms with Gasteiger partial charge in [0.2, 0.25) is 0 Å². The molecule has 1 fully saturated rings. The molecule has 1 aliphatic rings. The van der Waals surface area contributed by atoms with Gasteiger partial charge >= 0.3 is 6.61 Å². The van der Waals surface area contributed by atoms with E-state index >= 15 is 0 Å². The van der Waals surface area contributed by atoms with Gasteiger partial charge in [-0.15, -0.1) is 0 Å². The van der Waals surface area contributed by atoms with Crippen molar-refractivity contribution >= 4 is 5.91 Å². The smallest absolute Gasteiger partial charge is 0.387 e. The van der Waals surface area contributed by atoms with Crippen LogP contribution in [0.3, 0.4) is 0 Å². The fourth-order valence-corrected chi connectivity index (χ4v) is 2.38. The van der Waals surface area contributed by atoms with E-state index in [1.165, 1.54) is 12.1 Å². The largest absolute Gasteiger partial charge is 0.434 e. The number of rotatable bonds is 4. The van der Waals surface area contributed by atoms with Gasteiger partial charge in [-0.2, -0.15) is 8.78 Å². The minimum Gasteiger partial charge on any atom is -0.434 e. The Morgan fingerprint density at radius 3 is 2.80 bits per heavy atom. The number of benzene rings is 1. The van der Waals surface area contributed by atoms with Crippen LogP contribution in [-0.4, -0.2) is 37.1 Å². The lowest BCUT2D eigenvalue weighted by Crippen LogP contribution is -2.34. The molecule has 1 saturated heterocycles. The minimum atomic E-state index is -2.95. The van der Waals surface area contributed by atoms with E-state index < -0.39 is 6.61 Å². The van der Waals surface area contributed by atoms with E-state index in [-0.39, 0.29) is 22.6 Å². The average Bonchev–Trinajstić information content (AvgIpc) is 2.81. The third-order valence-corrected chi connectivity index (χ3v) is 3.67. The molecule has 0 saturated carbocycles. The summed E-state index contributed by atoms with van der Waals surface area (Å²) in [6.07, 6.45) is 0.813. The van der Waals surface area contributed by atoms with Gasteiger partial charge in [0, 0.05) is 13.1 Å². The fourth-order valence-electron chi connectivity index (χ4n) is 2.38. The van der Waals surface area contributed by atoms with Gasteiger partial charge in [0.1, 0.15) is 5.75 Å². The molecule has 0 aromatic heterocycles. The van der Waals surface area contributed by atoms with Gasteiger partial charge in [-0.05, 0) is 30.5 Å². The van der Waals surface area contributed by atoms with Gasteiger partial charge in [0.05, 0.1) is 5.56 Å². The van der Waals surface area contributed by atoms with Gasteiger partial charge in [0.25, 0.3) is 5.91 Å². The highest BCUT2D eigenvalue weighted by Gasteiger charge is 2.35. The zero-order valence-electron chi connectivity index (χ0n) is 11.3. The quantitative estimate of drug-likeness (QED) is 0.921. The summed E-state index contributed by atoms with van der Waals surface area (Å²) in [5, 5.41) is 0. The highest BCUT2D eigenvalue weighted by Crippen LogP contribution is 2.31. The number of nitrogens with two attached hydrogens (primary N) is 1. The molecular weight excluding hydrogens is 266 g/mol. The Morgan fingerprint density at radius 2 is 2.20 bits per heavy atom. The molecule has 6 heteroatoms. The molecule has 0 spiro atoms. The average molecular weight is 284 g/mol. The van der Waals surface area contributed by atoms with Crippen LogP contribution in [0, 0.1) is 5.41 Å². The second-order valence-corrected chi connectivity index (χ2v) is 5.37. The van der Waals surface area contributed by atoms with E-state index in [4.69, 9.17) is 5.73 Å². The maximum atomic E-state index is 12.4. The normalized spacial score (nSPS) is 22.4. The Labute approximate surface area is 116 Å². The van der Waals surface area contributed by atoms with Crippen molar-refractivity contribution in [3.63, 3.8) is 0 Å². The number of para-hydroxylation sites is 1. The second kappa shape index (κ2) is 5.75. The number of hydrogen-bond acceptors (Lipinski definition) is 3. The summed E-state index contributed by atoms with van der Waals surface area (Å²) in [5.41, 5.74) is 5.76. The van der Waals surface area contributed by atoms with E-state index in [9.17, 15) is 13.6 Å². The summed E-state index contributed by atoms with van der Waals surface area (Å²) in [4.78, 5) is 14.1. The van der Waals surface area contributed by atoms with Crippen LogP contribution in [0.25, 0.3) is 0 Å². The summed E-state index contributed by atoms with van der Waals surface area (Å²) in [7, 11) is 0. The number of hydrogen-bond donors (Lipinski definition) is 1. The van der Waals surface area contributed by atoms with E-state index in [0.717, 1.165) is 6.42 Å². The lowest BCUT2D eigenvalue weighted by molar-refractivity contribution is -0.0502. The maximum absolute atomic E-state index is 12.4. The van der Waals surface area contributed by atoms with Crippen molar-refractivity contribution in [2.24, 2.45) is 11.1 Å². The van der Waals surface area contributed by atoms with Crippen molar-refractivity contribution in [1.29, 1.82) is 0 Å². The zero-order valence-corrected chi connectivity index (χ0v) is 11.3. The van der Waals surface area contributed by atoms with Crippen LogP contribution in [0.15, 0.2) is 24.3 Å². The van der Waals surface area contributed by atoms with Crippen LogP contribution in [0.5, 0.6) is 5.75 Å². The molecule has 1 aromatic rings. The first-order valence-electron chi connectivity index (χ1n) is 6.48. The van der Waals surface area contributed by atoms with Gasteiger partial charge in [-0.1, -0.05) is 19.1 Å². The van der Waals surface area contributed by atoms with Crippen LogP contribution in [0.4, 0.5) is 8.78 Å². The standard InChI is InChI=1S/C14H18F2N2O2/c1-14(8-17)6-7-18(9-14)12(19)10-4-2-3-5-11(10)20-13(15)16/h2-5,13H,6-9,17H2,1H3. The molecule has 0 bridgehead atoms. The van der Waals surface area contributed by atoms with E-state index in [1.807, 2.05) is 6.92 Å². The summed E-state index contributed by atoms with van der Waals surface area (Å²) in [6.45, 7) is 0.672. The van der Waals surface area contributed by atoms with Crippen molar-refractivity contribution < 1.29 is 18.3 Å². The third kappa shape index (κ3) is 3.07. The number of halogens is 2. The molecule has 1 heterocycles. The number of likely N-dealkylation sites (tertiary alicyclic amines) is 1. The maximum Gasteiger partial charge on any atom is 0.387 e. The fraction of sp³-hybridized carbons (Fsp3) is 0.500. The Bertz CT molecular complexity index is 496. The summed E-state index contributed by atoms with van der Waals surface area (Å²) in [5.74, 6) is -0.382. The van der Waals surface area contributed by atoms with Crippen molar-refractivity contribution in [2.45, 2.75) is 20.0 Å². The molecule has 1 aliphatic heterocycles. The lowest BCUT2D eigenvalue weighted by Gasteiger charge is -2.23. The lowest BCUT2D eigenvalue weighted by atomic mass is 9.90. The van der Waals surface area contributed by atoms with Crippen molar-refractivity contribution in [3.05, 3.63) is 29.8 Å². The highest BCUT2D eigenvalue weighted by molar-refractivity contribution is 5.97. The number of carbonyl (C=O) groups excluding carboxylic acids is 1. The number of alkyl halides is 2. The van der Waals surface area contributed by atoms with Crippen molar-refractivity contribution in [2.75, 3.05) is 19.6 Å². The molecule has 110 valence electrons. The van der Waals surface area contributed by atoms with E-state index in [1.54, 1.807) is 17.0 Å². The molecule has 20 heavy (non-hydrogen) atoms. The molecule has 1 atom stereocenters. The Balaban J connectivity index is 2.18. The van der Waals surface area contributed by atoms with Crippen molar-refractivity contribution in [1.82, 2.24) is 4.90 Å². The Morgan fingerprint density at radius 1 is 1.50 bits per heavy atom. The van der Waals surface area contributed by atoms with Gasteiger partial charge in [0.15, 0.2) is 0 Å². The molecule has 2 N–H and O–H groups in total. The highest BCUT2D eigenvalue weighted by atomic mass is 19.3. The molecule has 1 amide bonds. The van der Waals surface area contributed by atoms with Crippen LogP contribution in [0.2, 0.25) is 0 Å². The molecule has 4 nitrogen and oxygen atoms in total. The SMILES string of the molecule is CC1(CN)CCN(C(=O)c2ccccc2OC(F)F)C1. The second-order valence-electron chi connectivity index (χ2n) is 5.37. The molecule has 1 aromatic carbocycles. The van der Waals surface area contributed by atoms with Gasteiger partial charge < -0.3 is 15.4 Å². The first-order valence-corrected chi connectivity index (χ1v) is 6.48. The topological polar surface area (TPSA) is 55.6 Å². The Kier molecular flexibility index (Phi) is 4.23. The predicted octanol–water partition coefficient (Wildman–Crippen LogP) is 2.10. The Hall–Kier alpha value is -1.69. The monoisotopic (exact) mass is 284 g/mol. The molecular formula is C14H18F2N2O2. The summed E-state index contributed by atoms with van der Waals surface area (Å²) < 4.78 is 29.1. The third-order valence-electron chi connectivity index (χ3n) is 3.67. The number of amides is 1. The minimum absolute atomic E-state index is 0.0890. The van der Waals surface area contributed by atoms with Crippen LogP contribution in [-0.2, 0) is 0 Å². The first-order chi connectivity index (χ1) is 9.45. The number of ether oxygens (including phenoxy) is 1. The number of nitrogens with zero attached hydrogens (tertiary/aromatic N) is 1. The van der Waals surface area contributed by atoms with Crippen LogP contribution >= 0.6 is 0 Å². The summed E-state index contributed by atoms with van der Waals surface area (Å²) in [6, 6.07) is 6.06. The first kappa shape index (κ1) is 14.7. The van der Waals surface area contributed by atoms with Crippen LogP contribution in [0.1, 0.15) is 23.7 Å².